The molecule has 2 rings (SSSR count). The molecular weight excluding hydrogens is 282 g/mol. The van der Waals surface area contributed by atoms with Gasteiger partial charge in [0, 0.05) is 11.3 Å². The average Bonchev–Trinajstić information content (AvgIpc) is 2.82. The van der Waals surface area contributed by atoms with Crippen molar-refractivity contribution >= 4 is 11.8 Å². The van der Waals surface area contributed by atoms with E-state index in [1.807, 2.05) is 26.0 Å². The minimum Gasteiger partial charge on any atom is -0.271 e. The Hall–Kier alpha value is -3.14. The van der Waals surface area contributed by atoms with E-state index in [4.69, 9.17) is 5.26 Å². The van der Waals surface area contributed by atoms with Gasteiger partial charge in [-0.1, -0.05) is 0 Å². The SMILES string of the molecule is Cc1cc(C)n(CC(=O)NNC(=O)c2ccc(C#N)cc2)n1. The lowest BCUT2D eigenvalue weighted by Crippen LogP contribution is -2.43. The first-order valence-electron chi connectivity index (χ1n) is 6.60. The number of aryl methyl sites for hydroxylation is 2. The zero-order valence-corrected chi connectivity index (χ0v) is 12.3. The van der Waals surface area contributed by atoms with E-state index in [9.17, 15) is 9.59 Å². The van der Waals surface area contributed by atoms with Crippen molar-refractivity contribution < 1.29 is 9.59 Å². The molecule has 1 aromatic heterocycles. The molecule has 0 radical (unpaired) electrons. The molecule has 7 heteroatoms. The molecule has 7 nitrogen and oxygen atoms in total. The van der Waals surface area contributed by atoms with Crippen molar-refractivity contribution in [3.8, 4) is 6.07 Å². The minimum absolute atomic E-state index is 0.0212. The van der Waals surface area contributed by atoms with Crippen LogP contribution in [0.4, 0.5) is 0 Å². The van der Waals surface area contributed by atoms with Crippen LogP contribution in [0.25, 0.3) is 0 Å². The second kappa shape index (κ2) is 6.54. The van der Waals surface area contributed by atoms with Crippen LogP contribution in [0.5, 0.6) is 0 Å². The molecule has 1 aromatic carbocycles. The molecule has 2 N–H and O–H groups in total. The van der Waals surface area contributed by atoms with E-state index < -0.39 is 5.91 Å². The van der Waals surface area contributed by atoms with Gasteiger partial charge in [-0.05, 0) is 44.2 Å². The first kappa shape index (κ1) is 15.3. The van der Waals surface area contributed by atoms with Crippen LogP contribution in [-0.2, 0) is 11.3 Å². The fraction of sp³-hybridized carbons (Fsp3) is 0.200. The lowest BCUT2D eigenvalue weighted by Gasteiger charge is -2.08. The summed E-state index contributed by atoms with van der Waals surface area (Å²) >= 11 is 0. The van der Waals surface area contributed by atoms with Gasteiger partial charge in [0.1, 0.15) is 6.54 Å². The van der Waals surface area contributed by atoms with Crippen LogP contribution in [0.1, 0.15) is 27.3 Å². The summed E-state index contributed by atoms with van der Waals surface area (Å²) in [5.41, 5.74) is 7.16. The lowest BCUT2D eigenvalue weighted by molar-refractivity contribution is -0.122. The minimum atomic E-state index is -0.453. The van der Waals surface area contributed by atoms with Crippen molar-refractivity contribution in [2.24, 2.45) is 0 Å². The molecule has 0 spiro atoms. The quantitative estimate of drug-likeness (QED) is 0.820. The number of hydrogen-bond donors (Lipinski definition) is 2. The van der Waals surface area contributed by atoms with Crippen molar-refractivity contribution in [2.45, 2.75) is 20.4 Å². The van der Waals surface area contributed by atoms with Crippen molar-refractivity contribution in [2.75, 3.05) is 0 Å². The molecule has 2 aromatic rings. The smallest absolute Gasteiger partial charge is 0.269 e. The third-order valence-electron chi connectivity index (χ3n) is 2.99. The van der Waals surface area contributed by atoms with E-state index in [1.165, 1.54) is 24.3 Å². The summed E-state index contributed by atoms with van der Waals surface area (Å²) < 4.78 is 1.55. The fourth-order valence-corrected chi connectivity index (χ4v) is 1.91. The van der Waals surface area contributed by atoms with Crippen molar-refractivity contribution in [1.82, 2.24) is 20.6 Å². The van der Waals surface area contributed by atoms with Crippen LogP contribution >= 0.6 is 0 Å². The van der Waals surface area contributed by atoms with Gasteiger partial charge in [0.2, 0.25) is 0 Å². The number of aromatic nitrogens is 2. The highest BCUT2D eigenvalue weighted by Gasteiger charge is 2.09. The Balaban J connectivity index is 1.89. The normalized spacial score (nSPS) is 9.86. The number of hydrazine groups is 1. The molecule has 0 atom stereocenters. The Labute approximate surface area is 127 Å². The fourth-order valence-electron chi connectivity index (χ4n) is 1.91. The zero-order chi connectivity index (χ0) is 16.1. The average molecular weight is 297 g/mol. The van der Waals surface area contributed by atoms with Gasteiger partial charge in [-0.3, -0.25) is 25.1 Å². The highest BCUT2D eigenvalue weighted by atomic mass is 16.2. The second-order valence-corrected chi connectivity index (χ2v) is 4.78. The summed E-state index contributed by atoms with van der Waals surface area (Å²) in [5.74, 6) is -0.834. The molecular formula is C15H15N5O2. The molecule has 0 saturated heterocycles. The maximum absolute atomic E-state index is 11.8. The van der Waals surface area contributed by atoms with E-state index in [0.717, 1.165) is 11.4 Å². The molecule has 112 valence electrons. The molecule has 0 aliphatic rings. The van der Waals surface area contributed by atoms with Gasteiger partial charge in [-0.15, -0.1) is 0 Å². The molecule has 0 unspecified atom stereocenters. The molecule has 2 amide bonds. The van der Waals surface area contributed by atoms with Crippen LogP contribution < -0.4 is 10.9 Å². The van der Waals surface area contributed by atoms with E-state index in [-0.39, 0.29) is 12.5 Å². The summed E-state index contributed by atoms with van der Waals surface area (Å²) in [6, 6.07) is 9.93. The van der Waals surface area contributed by atoms with Gasteiger partial charge in [0.25, 0.3) is 11.8 Å². The maximum atomic E-state index is 11.8. The summed E-state index contributed by atoms with van der Waals surface area (Å²) in [5, 5.41) is 12.9. The van der Waals surface area contributed by atoms with Gasteiger partial charge >= 0.3 is 0 Å². The number of nitrogens with one attached hydrogen (secondary N) is 2. The lowest BCUT2D eigenvalue weighted by atomic mass is 10.1. The third kappa shape index (κ3) is 3.70. The van der Waals surface area contributed by atoms with E-state index >= 15 is 0 Å². The van der Waals surface area contributed by atoms with Gasteiger partial charge in [-0.25, -0.2) is 0 Å². The van der Waals surface area contributed by atoms with Crippen molar-refractivity contribution in [3.05, 3.63) is 52.8 Å². The monoisotopic (exact) mass is 297 g/mol. The van der Waals surface area contributed by atoms with Crippen LogP contribution in [0.3, 0.4) is 0 Å². The Morgan fingerprint density at radius 2 is 1.91 bits per heavy atom. The number of hydrogen-bond acceptors (Lipinski definition) is 4. The van der Waals surface area contributed by atoms with Crippen LogP contribution in [0.2, 0.25) is 0 Å². The molecule has 0 fully saturated rings. The highest BCUT2D eigenvalue weighted by Crippen LogP contribution is 2.03. The Kier molecular flexibility index (Phi) is 4.53. The van der Waals surface area contributed by atoms with E-state index in [0.29, 0.717) is 11.1 Å². The molecule has 0 bridgehead atoms. The van der Waals surface area contributed by atoms with Crippen LogP contribution in [-0.4, -0.2) is 21.6 Å². The van der Waals surface area contributed by atoms with E-state index in [1.54, 1.807) is 4.68 Å². The molecule has 0 aliphatic heterocycles. The number of nitrogens with zero attached hydrogens (tertiary/aromatic N) is 3. The zero-order valence-electron chi connectivity index (χ0n) is 12.3. The maximum Gasteiger partial charge on any atom is 0.269 e. The van der Waals surface area contributed by atoms with Crippen molar-refractivity contribution in [1.29, 1.82) is 5.26 Å². The first-order valence-corrected chi connectivity index (χ1v) is 6.60. The first-order chi connectivity index (χ1) is 10.5. The molecule has 0 saturated carbocycles. The van der Waals surface area contributed by atoms with Crippen molar-refractivity contribution in [3.63, 3.8) is 0 Å². The second-order valence-electron chi connectivity index (χ2n) is 4.78. The van der Waals surface area contributed by atoms with Crippen LogP contribution in [0.15, 0.2) is 30.3 Å². The van der Waals surface area contributed by atoms with Gasteiger partial charge in [0.05, 0.1) is 17.3 Å². The number of carbonyl (C=O) groups is 2. The topological polar surface area (TPSA) is 99.8 Å². The Morgan fingerprint density at radius 3 is 2.45 bits per heavy atom. The number of nitriles is 1. The largest absolute Gasteiger partial charge is 0.271 e. The van der Waals surface area contributed by atoms with Gasteiger partial charge in [-0.2, -0.15) is 10.4 Å². The number of carbonyl (C=O) groups excluding carboxylic acids is 2. The predicted molar refractivity (Wildman–Crippen MR) is 78.5 cm³/mol. The third-order valence-corrected chi connectivity index (χ3v) is 2.99. The van der Waals surface area contributed by atoms with E-state index in [2.05, 4.69) is 16.0 Å². The summed E-state index contributed by atoms with van der Waals surface area (Å²) in [4.78, 5) is 23.6. The Morgan fingerprint density at radius 1 is 1.23 bits per heavy atom. The van der Waals surface area contributed by atoms with Gasteiger partial charge < -0.3 is 0 Å². The number of amides is 2. The molecule has 1 heterocycles. The summed E-state index contributed by atoms with van der Waals surface area (Å²) in [7, 11) is 0. The molecule has 22 heavy (non-hydrogen) atoms. The standard InChI is InChI=1S/C15H15N5O2/c1-10-7-11(2)20(19-10)9-14(21)17-18-15(22)13-5-3-12(8-16)4-6-13/h3-7H,9H2,1-2H3,(H,17,21)(H,18,22). The number of benzene rings is 1. The number of rotatable bonds is 3. The summed E-state index contributed by atoms with van der Waals surface area (Å²) in [6.07, 6.45) is 0. The Bertz CT molecular complexity index is 740. The van der Waals surface area contributed by atoms with Gasteiger partial charge in [0.15, 0.2) is 0 Å². The summed E-state index contributed by atoms with van der Waals surface area (Å²) in [6.45, 7) is 3.71. The highest BCUT2D eigenvalue weighted by molar-refractivity contribution is 5.95. The molecule has 0 aliphatic carbocycles. The van der Waals surface area contributed by atoms with Crippen LogP contribution in [0, 0.1) is 25.2 Å². The predicted octanol–water partition coefficient (Wildman–Crippen LogP) is 0.833.